The lowest BCUT2D eigenvalue weighted by atomic mass is 9.48. The van der Waals surface area contributed by atoms with Gasteiger partial charge >= 0.3 is 5.97 Å². The summed E-state index contributed by atoms with van der Waals surface area (Å²) in [4.78, 5) is 24.9. The van der Waals surface area contributed by atoms with Gasteiger partial charge in [0.1, 0.15) is 11.7 Å². The molecule has 3 fully saturated rings. The standard InChI is InChI=1S/C19H20O4/c1-9-5-12(20)7-11-3-4-18-10(2)6-14(23-17(18)21)19(22)8-13(9)15(11)16(18)19/h5,7,10,14,16,22H,3-4,6,8H2,1-2H3/t10-,14+,16-,18-,19-/m1/s1. The van der Waals surface area contributed by atoms with E-state index in [9.17, 15) is 14.7 Å². The van der Waals surface area contributed by atoms with Gasteiger partial charge in [-0.25, -0.2) is 0 Å². The highest BCUT2D eigenvalue weighted by molar-refractivity contribution is 5.83. The summed E-state index contributed by atoms with van der Waals surface area (Å²) in [6, 6.07) is 3.37. The molecule has 2 heterocycles. The molecule has 2 aliphatic heterocycles. The van der Waals surface area contributed by atoms with E-state index in [4.69, 9.17) is 4.74 Å². The molecule has 1 aromatic carbocycles. The fraction of sp³-hybridized carbons (Fsp3) is 0.579. The molecule has 1 N–H and O–H groups in total. The third-order valence-electron chi connectivity index (χ3n) is 7.03. The fourth-order valence-electron chi connectivity index (χ4n) is 6.00. The van der Waals surface area contributed by atoms with Crippen molar-refractivity contribution in [2.75, 3.05) is 0 Å². The summed E-state index contributed by atoms with van der Waals surface area (Å²) >= 11 is 0. The highest BCUT2D eigenvalue weighted by Crippen LogP contribution is 2.68. The lowest BCUT2D eigenvalue weighted by molar-refractivity contribution is -0.246. The van der Waals surface area contributed by atoms with Gasteiger partial charge in [-0.15, -0.1) is 0 Å². The largest absolute Gasteiger partial charge is 0.459 e. The summed E-state index contributed by atoms with van der Waals surface area (Å²) in [6.45, 7) is 4.05. The van der Waals surface area contributed by atoms with E-state index in [0.717, 1.165) is 28.7 Å². The van der Waals surface area contributed by atoms with E-state index < -0.39 is 17.1 Å². The molecule has 0 amide bonds. The molecule has 1 saturated carbocycles. The molecule has 6 rings (SSSR count). The molecule has 5 atom stereocenters. The van der Waals surface area contributed by atoms with Gasteiger partial charge in [-0.2, -0.15) is 0 Å². The van der Waals surface area contributed by atoms with E-state index in [1.54, 1.807) is 12.1 Å². The molecule has 120 valence electrons. The maximum absolute atomic E-state index is 12.8. The van der Waals surface area contributed by atoms with Crippen LogP contribution in [0.5, 0.6) is 0 Å². The Morgan fingerprint density at radius 3 is 2.83 bits per heavy atom. The second-order valence-corrected chi connectivity index (χ2v) is 7.96. The maximum atomic E-state index is 12.8. The zero-order valence-electron chi connectivity index (χ0n) is 13.4. The molecule has 0 aromatic heterocycles. The van der Waals surface area contributed by atoms with Crippen LogP contribution in [-0.2, 0) is 22.4 Å². The van der Waals surface area contributed by atoms with Crippen LogP contribution in [0, 0.1) is 18.3 Å². The molecule has 2 saturated heterocycles. The third-order valence-corrected chi connectivity index (χ3v) is 7.03. The Morgan fingerprint density at radius 1 is 1.30 bits per heavy atom. The number of rotatable bonds is 0. The van der Waals surface area contributed by atoms with E-state index in [-0.39, 0.29) is 23.2 Å². The highest BCUT2D eigenvalue weighted by atomic mass is 16.6. The first-order valence-corrected chi connectivity index (χ1v) is 8.48. The van der Waals surface area contributed by atoms with Crippen LogP contribution < -0.4 is 5.43 Å². The fourth-order valence-corrected chi connectivity index (χ4v) is 6.00. The molecule has 23 heavy (non-hydrogen) atoms. The zero-order valence-corrected chi connectivity index (χ0v) is 13.4. The maximum Gasteiger partial charge on any atom is 0.313 e. The average molecular weight is 312 g/mol. The summed E-state index contributed by atoms with van der Waals surface area (Å²) < 4.78 is 5.66. The molecule has 4 nitrogen and oxygen atoms in total. The van der Waals surface area contributed by atoms with Gasteiger partial charge in [0.05, 0.1) is 5.41 Å². The van der Waals surface area contributed by atoms with E-state index in [1.807, 2.05) is 6.92 Å². The summed E-state index contributed by atoms with van der Waals surface area (Å²) in [6.07, 6.45) is 2.18. The van der Waals surface area contributed by atoms with Gasteiger partial charge in [0.15, 0.2) is 5.43 Å². The number of aryl methyl sites for hydroxylation is 2. The number of aliphatic hydroxyl groups is 1. The second kappa shape index (κ2) is 3.86. The minimum atomic E-state index is -1.000. The molecular formula is C19H20O4. The molecule has 1 spiro atoms. The van der Waals surface area contributed by atoms with E-state index >= 15 is 0 Å². The molecule has 2 bridgehead atoms. The first-order valence-electron chi connectivity index (χ1n) is 8.48. The molecule has 3 aliphatic carbocycles. The molecule has 4 heteroatoms. The van der Waals surface area contributed by atoms with Gasteiger partial charge in [-0.05, 0) is 66.5 Å². The van der Waals surface area contributed by atoms with Crippen LogP contribution >= 0.6 is 0 Å². The van der Waals surface area contributed by atoms with Crippen LogP contribution in [0.25, 0.3) is 0 Å². The quantitative estimate of drug-likeness (QED) is 0.740. The van der Waals surface area contributed by atoms with Crippen molar-refractivity contribution in [3.05, 3.63) is 44.6 Å². The van der Waals surface area contributed by atoms with Gasteiger partial charge in [-0.3, -0.25) is 9.59 Å². The topological polar surface area (TPSA) is 63.6 Å². The number of carbonyl (C=O) groups excluding carboxylic acids is 1. The van der Waals surface area contributed by atoms with Crippen LogP contribution in [0.3, 0.4) is 0 Å². The summed E-state index contributed by atoms with van der Waals surface area (Å²) in [5.41, 5.74) is 2.49. The molecule has 5 aliphatic rings. The van der Waals surface area contributed by atoms with Crippen molar-refractivity contribution in [1.82, 2.24) is 0 Å². The van der Waals surface area contributed by atoms with Crippen LogP contribution in [0.2, 0.25) is 0 Å². The number of carbonyl (C=O) groups is 1. The van der Waals surface area contributed by atoms with Crippen molar-refractivity contribution in [3.63, 3.8) is 0 Å². The predicted molar refractivity (Wildman–Crippen MR) is 83.3 cm³/mol. The Labute approximate surface area is 134 Å². The Hall–Kier alpha value is -1.68. The number of esters is 1. The average Bonchev–Trinajstić information content (AvgIpc) is 2.76. The van der Waals surface area contributed by atoms with Crippen LogP contribution in [0.15, 0.2) is 16.9 Å². The van der Waals surface area contributed by atoms with E-state index in [0.29, 0.717) is 19.3 Å². The third kappa shape index (κ3) is 1.34. The lowest BCUT2D eigenvalue weighted by Crippen LogP contribution is -2.69. The van der Waals surface area contributed by atoms with Crippen LogP contribution in [0.1, 0.15) is 47.9 Å². The molecule has 1 aromatic rings. The van der Waals surface area contributed by atoms with E-state index in [2.05, 4.69) is 6.92 Å². The first kappa shape index (κ1) is 13.7. The zero-order chi connectivity index (χ0) is 16.1. The Morgan fingerprint density at radius 2 is 2.09 bits per heavy atom. The van der Waals surface area contributed by atoms with Gasteiger partial charge in [0.2, 0.25) is 0 Å². The lowest BCUT2D eigenvalue weighted by Gasteiger charge is -2.60. The van der Waals surface area contributed by atoms with Crippen molar-refractivity contribution < 1.29 is 14.6 Å². The number of hydrogen-bond acceptors (Lipinski definition) is 4. The summed E-state index contributed by atoms with van der Waals surface area (Å²) in [7, 11) is 0. The molecule has 0 radical (unpaired) electrons. The summed E-state index contributed by atoms with van der Waals surface area (Å²) in [5, 5.41) is 11.5. The first-order chi connectivity index (χ1) is 10.9. The number of ether oxygens (including phenoxy) is 1. The van der Waals surface area contributed by atoms with Crippen molar-refractivity contribution in [1.29, 1.82) is 0 Å². The van der Waals surface area contributed by atoms with Gasteiger partial charge in [-0.1, -0.05) is 6.92 Å². The second-order valence-electron chi connectivity index (χ2n) is 7.96. The Kier molecular flexibility index (Phi) is 2.31. The molecular weight excluding hydrogens is 292 g/mol. The van der Waals surface area contributed by atoms with Crippen molar-refractivity contribution >= 4 is 5.97 Å². The minimum absolute atomic E-state index is 0.0167. The smallest absolute Gasteiger partial charge is 0.313 e. The SMILES string of the molecule is Cc1cc(=O)cc2c3c1C[C@@]1(O)[C@@H]4C[C@@H](C)[C@@](CC2)(C(=O)O4)[C@@H]31. The minimum Gasteiger partial charge on any atom is -0.459 e. The van der Waals surface area contributed by atoms with Gasteiger partial charge in [0, 0.05) is 12.3 Å². The number of hydrogen-bond donors (Lipinski definition) is 1. The van der Waals surface area contributed by atoms with Crippen molar-refractivity contribution in [2.24, 2.45) is 11.3 Å². The number of fused-ring (bicyclic) bond motifs is 2. The van der Waals surface area contributed by atoms with Crippen molar-refractivity contribution in [3.8, 4) is 0 Å². The van der Waals surface area contributed by atoms with Gasteiger partial charge in [0.25, 0.3) is 0 Å². The highest BCUT2D eigenvalue weighted by Gasteiger charge is 2.73. The van der Waals surface area contributed by atoms with Gasteiger partial charge < -0.3 is 9.84 Å². The van der Waals surface area contributed by atoms with Crippen LogP contribution in [0.4, 0.5) is 0 Å². The normalized spacial score (nSPS) is 42.4. The predicted octanol–water partition coefficient (Wildman–Crippen LogP) is 1.62. The van der Waals surface area contributed by atoms with E-state index in [1.165, 1.54) is 0 Å². The van der Waals surface area contributed by atoms with Crippen molar-refractivity contribution in [2.45, 2.75) is 57.2 Å². The van der Waals surface area contributed by atoms with Crippen LogP contribution in [-0.4, -0.2) is 22.8 Å². The summed E-state index contributed by atoms with van der Waals surface area (Å²) in [5.74, 6) is -0.147. The monoisotopic (exact) mass is 312 g/mol. The Bertz CT molecular complexity index is 829. The molecule has 0 unspecified atom stereocenters. The Balaban J connectivity index is 1.90.